The van der Waals surface area contributed by atoms with E-state index in [9.17, 15) is 5.11 Å². The highest BCUT2D eigenvalue weighted by Crippen LogP contribution is 2.22. The lowest BCUT2D eigenvalue weighted by Gasteiger charge is -2.37. The summed E-state index contributed by atoms with van der Waals surface area (Å²) in [7, 11) is 0. The van der Waals surface area contributed by atoms with Crippen LogP contribution in [0.1, 0.15) is 43.6 Å². The number of aliphatic hydroxyl groups is 1. The number of hydrogen-bond donors (Lipinski definition) is 1. The standard InChI is InChI=1S/C25H35ClN2O2/c1-20(2)19-30-25(22-6-4-3-5-7-22)18-28-16-14-27(15-17-28)13-12-24(29)21-8-10-23(26)11-9-21/h3-11,20,24-25,29H,12-19H2,1-2H3. The van der Waals surface area contributed by atoms with Gasteiger partial charge >= 0.3 is 0 Å². The summed E-state index contributed by atoms with van der Waals surface area (Å²) in [5.74, 6) is 0.528. The van der Waals surface area contributed by atoms with Gasteiger partial charge in [0.15, 0.2) is 0 Å². The van der Waals surface area contributed by atoms with Crippen LogP contribution in [0.2, 0.25) is 5.02 Å². The van der Waals surface area contributed by atoms with Gasteiger partial charge in [-0.3, -0.25) is 4.90 Å². The Kier molecular flexibility index (Phi) is 9.16. The van der Waals surface area contributed by atoms with Gasteiger partial charge in [-0.1, -0.05) is 67.9 Å². The fourth-order valence-corrected chi connectivity index (χ4v) is 3.94. The van der Waals surface area contributed by atoms with E-state index in [4.69, 9.17) is 16.3 Å². The Morgan fingerprint density at radius 3 is 2.17 bits per heavy atom. The zero-order chi connectivity index (χ0) is 21.3. The quantitative estimate of drug-likeness (QED) is 0.587. The van der Waals surface area contributed by atoms with Crippen molar-refractivity contribution in [2.45, 2.75) is 32.5 Å². The first-order chi connectivity index (χ1) is 14.5. The summed E-state index contributed by atoms with van der Waals surface area (Å²) in [6.07, 6.45) is 0.422. The molecule has 30 heavy (non-hydrogen) atoms. The van der Waals surface area contributed by atoms with Gasteiger partial charge in [0.25, 0.3) is 0 Å². The van der Waals surface area contributed by atoms with Gasteiger partial charge in [0.1, 0.15) is 0 Å². The normalized spacial score (nSPS) is 17.9. The van der Waals surface area contributed by atoms with Crippen LogP contribution in [-0.4, -0.2) is 60.8 Å². The van der Waals surface area contributed by atoms with Gasteiger partial charge in [0.2, 0.25) is 0 Å². The summed E-state index contributed by atoms with van der Waals surface area (Å²) in [6, 6.07) is 18.1. The predicted molar refractivity (Wildman–Crippen MR) is 124 cm³/mol. The Labute approximate surface area is 186 Å². The molecule has 5 heteroatoms. The first-order valence-corrected chi connectivity index (χ1v) is 11.4. The molecule has 1 fully saturated rings. The van der Waals surface area contributed by atoms with Crippen molar-refractivity contribution in [2.24, 2.45) is 5.92 Å². The van der Waals surface area contributed by atoms with Crippen molar-refractivity contribution in [2.75, 3.05) is 45.9 Å². The van der Waals surface area contributed by atoms with Crippen LogP contribution in [0.4, 0.5) is 0 Å². The van der Waals surface area contributed by atoms with Crippen molar-refractivity contribution in [1.82, 2.24) is 9.80 Å². The summed E-state index contributed by atoms with van der Waals surface area (Å²) in [6.45, 7) is 11.1. The zero-order valence-corrected chi connectivity index (χ0v) is 19.0. The van der Waals surface area contributed by atoms with Gasteiger partial charge in [-0.05, 0) is 35.6 Å². The van der Waals surface area contributed by atoms with E-state index in [0.29, 0.717) is 10.9 Å². The number of piperazine rings is 1. The molecule has 0 aliphatic carbocycles. The second kappa shape index (κ2) is 11.8. The number of ether oxygens (including phenoxy) is 1. The molecule has 2 atom stereocenters. The van der Waals surface area contributed by atoms with Gasteiger partial charge in [-0.25, -0.2) is 0 Å². The van der Waals surface area contributed by atoms with Gasteiger partial charge < -0.3 is 14.7 Å². The van der Waals surface area contributed by atoms with E-state index >= 15 is 0 Å². The van der Waals surface area contributed by atoms with Crippen molar-refractivity contribution < 1.29 is 9.84 Å². The zero-order valence-electron chi connectivity index (χ0n) is 18.2. The van der Waals surface area contributed by atoms with Crippen LogP contribution in [0.3, 0.4) is 0 Å². The largest absolute Gasteiger partial charge is 0.388 e. The summed E-state index contributed by atoms with van der Waals surface area (Å²) in [5.41, 5.74) is 2.19. The SMILES string of the molecule is CC(C)COC(CN1CCN(CCC(O)c2ccc(Cl)cc2)CC1)c1ccccc1. The van der Waals surface area contributed by atoms with E-state index < -0.39 is 6.10 Å². The average molecular weight is 431 g/mol. The number of hydrogen-bond acceptors (Lipinski definition) is 4. The first kappa shape index (κ1) is 23.2. The minimum atomic E-state index is -0.438. The number of halogens is 1. The maximum Gasteiger partial charge on any atom is 0.0951 e. The fourth-order valence-electron chi connectivity index (χ4n) is 3.82. The molecule has 0 bridgehead atoms. The van der Waals surface area contributed by atoms with Crippen LogP contribution in [0.15, 0.2) is 54.6 Å². The molecule has 1 aliphatic rings. The van der Waals surface area contributed by atoms with Crippen LogP contribution in [0.25, 0.3) is 0 Å². The van der Waals surface area contributed by atoms with Crippen molar-refractivity contribution in [3.63, 3.8) is 0 Å². The topological polar surface area (TPSA) is 35.9 Å². The molecule has 1 saturated heterocycles. The molecule has 1 heterocycles. The minimum absolute atomic E-state index is 0.117. The van der Waals surface area contributed by atoms with E-state index in [1.54, 1.807) is 0 Å². The van der Waals surface area contributed by atoms with Gasteiger partial charge in [-0.15, -0.1) is 0 Å². The minimum Gasteiger partial charge on any atom is -0.388 e. The number of benzene rings is 2. The Morgan fingerprint density at radius 2 is 1.53 bits per heavy atom. The Hall–Kier alpha value is -1.43. The molecule has 0 aromatic heterocycles. The molecule has 0 amide bonds. The maximum atomic E-state index is 10.4. The monoisotopic (exact) mass is 430 g/mol. The molecule has 0 radical (unpaired) electrons. The maximum absolute atomic E-state index is 10.4. The van der Waals surface area contributed by atoms with Crippen LogP contribution in [0.5, 0.6) is 0 Å². The smallest absolute Gasteiger partial charge is 0.0951 e. The van der Waals surface area contributed by atoms with Crippen molar-refractivity contribution >= 4 is 11.6 Å². The summed E-state index contributed by atoms with van der Waals surface area (Å²) < 4.78 is 6.26. The lowest BCUT2D eigenvalue weighted by Crippen LogP contribution is -2.48. The highest BCUT2D eigenvalue weighted by atomic mass is 35.5. The summed E-state index contributed by atoms with van der Waals surface area (Å²) >= 11 is 5.94. The van der Waals surface area contributed by atoms with Gasteiger partial charge in [0.05, 0.1) is 12.2 Å². The third-order valence-electron chi connectivity index (χ3n) is 5.66. The van der Waals surface area contributed by atoms with E-state index in [-0.39, 0.29) is 6.10 Å². The molecule has 2 unspecified atom stereocenters. The van der Waals surface area contributed by atoms with Crippen molar-refractivity contribution in [3.05, 3.63) is 70.7 Å². The average Bonchev–Trinajstić information content (AvgIpc) is 2.76. The molecular formula is C25H35ClN2O2. The number of aliphatic hydroxyl groups excluding tert-OH is 1. The molecule has 0 saturated carbocycles. The van der Waals surface area contributed by atoms with Crippen molar-refractivity contribution in [3.8, 4) is 0 Å². The van der Waals surface area contributed by atoms with E-state index in [1.807, 2.05) is 24.3 Å². The predicted octanol–water partition coefficient (Wildman–Crippen LogP) is 4.80. The Balaban J connectivity index is 1.45. The first-order valence-electron chi connectivity index (χ1n) is 11.1. The highest BCUT2D eigenvalue weighted by molar-refractivity contribution is 6.30. The van der Waals surface area contributed by atoms with Crippen molar-refractivity contribution in [1.29, 1.82) is 0 Å². The highest BCUT2D eigenvalue weighted by Gasteiger charge is 2.22. The fraction of sp³-hybridized carbons (Fsp3) is 0.520. The van der Waals surface area contributed by atoms with Crippen LogP contribution >= 0.6 is 11.6 Å². The molecule has 3 rings (SSSR count). The van der Waals surface area contributed by atoms with Crippen LogP contribution in [0, 0.1) is 5.92 Å². The van der Waals surface area contributed by atoms with E-state index in [0.717, 1.165) is 57.9 Å². The summed E-state index contributed by atoms with van der Waals surface area (Å²) in [5, 5.41) is 11.1. The van der Waals surface area contributed by atoms with Gasteiger partial charge in [-0.2, -0.15) is 0 Å². The Morgan fingerprint density at radius 1 is 0.900 bits per heavy atom. The molecule has 1 N–H and O–H groups in total. The number of rotatable bonds is 10. The molecule has 1 aliphatic heterocycles. The van der Waals surface area contributed by atoms with E-state index in [1.165, 1.54) is 5.56 Å². The Bertz CT molecular complexity index is 731. The summed E-state index contributed by atoms with van der Waals surface area (Å²) in [4.78, 5) is 4.95. The third-order valence-corrected chi connectivity index (χ3v) is 5.92. The van der Waals surface area contributed by atoms with Crippen LogP contribution < -0.4 is 0 Å². The second-order valence-corrected chi connectivity index (χ2v) is 9.06. The van der Waals surface area contributed by atoms with E-state index in [2.05, 4.69) is 54.0 Å². The lowest BCUT2D eigenvalue weighted by molar-refractivity contribution is -0.000357. The molecule has 2 aromatic carbocycles. The molecule has 2 aromatic rings. The molecule has 0 spiro atoms. The molecule has 164 valence electrons. The molecular weight excluding hydrogens is 396 g/mol. The second-order valence-electron chi connectivity index (χ2n) is 8.62. The third kappa shape index (κ3) is 7.36. The van der Waals surface area contributed by atoms with Crippen LogP contribution in [-0.2, 0) is 4.74 Å². The number of nitrogens with zero attached hydrogens (tertiary/aromatic N) is 2. The lowest BCUT2D eigenvalue weighted by atomic mass is 10.1. The van der Waals surface area contributed by atoms with Gasteiger partial charge in [0, 0.05) is 50.9 Å². The molecule has 4 nitrogen and oxygen atoms in total.